The molecule has 25 heavy (non-hydrogen) atoms. The van der Waals surface area contributed by atoms with Gasteiger partial charge in [-0.1, -0.05) is 18.2 Å². The van der Waals surface area contributed by atoms with Crippen LogP contribution in [0.3, 0.4) is 0 Å². The van der Waals surface area contributed by atoms with E-state index in [-0.39, 0.29) is 5.54 Å². The van der Waals surface area contributed by atoms with Crippen LogP contribution in [-0.2, 0) is 5.54 Å². The highest BCUT2D eigenvalue weighted by molar-refractivity contribution is 5.79. The molecule has 1 unspecified atom stereocenters. The predicted molar refractivity (Wildman–Crippen MR) is 101 cm³/mol. The second-order valence-electron chi connectivity index (χ2n) is 6.56. The third-order valence-corrected chi connectivity index (χ3v) is 4.89. The van der Waals surface area contributed by atoms with Crippen molar-refractivity contribution in [2.75, 3.05) is 27.8 Å². The molecule has 1 aliphatic rings. The predicted octanol–water partition coefficient (Wildman–Crippen LogP) is 3.24. The molecule has 1 aliphatic heterocycles. The van der Waals surface area contributed by atoms with E-state index in [2.05, 4.69) is 31.2 Å². The van der Waals surface area contributed by atoms with Gasteiger partial charge in [0, 0.05) is 25.2 Å². The molecular weight excluding hydrogens is 314 g/mol. The van der Waals surface area contributed by atoms with Gasteiger partial charge in [-0.25, -0.2) is 4.99 Å². The summed E-state index contributed by atoms with van der Waals surface area (Å²) in [5, 5.41) is 0. The maximum atomic E-state index is 6.06. The lowest BCUT2D eigenvalue weighted by molar-refractivity contribution is 0.339. The largest absolute Gasteiger partial charge is 0.497 e. The smallest absolute Gasteiger partial charge is 0.191 e. The molecule has 2 aromatic rings. The lowest BCUT2D eigenvalue weighted by Crippen LogP contribution is -2.43. The number of hydrogen-bond acceptors (Lipinski definition) is 5. The maximum absolute atomic E-state index is 6.06. The van der Waals surface area contributed by atoms with Crippen LogP contribution in [0.1, 0.15) is 18.9 Å². The summed E-state index contributed by atoms with van der Waals surface area (Å²) >= 11 is 0. The number of aliphatic imine (C=N–C) groups is 1. The average Bonchev–Trinajstić information content (AvgIpc) is 2.64. The van der Waals surface area contributed by atoms with Crippen LogP contribution in [0.25, 0.3) is 11.1 Å². The summed E-state index contributed by atoms with van der Waals surface area (Å²) in [6, 6.07) is 14.3. The van der Waals surface area contributed by atoms with E-state index >= 15 is 0 Å². The van der Waals surface area contributed by atoms with E-state index in [9.17, 15) is 0 Å². The Labute approximate surface area is 149 Å². The Bertz CT molecular complexity index is 803. The average molecular weight is 339 g/mol. The van der Waals surface area contributed by atoms with Crippen molar-refractivity contribution in [2.45, 2.75) is 18.9 Å². The molecule has 0 aromatic heterocycles. The zero-order valence-electron chi connectivity index (χ0n) is 15.2. The van der Waals surface area contributed by atoms with E-state index in [0.29, 0.717) is 5.96 Å². The van der Waals surface area contributed by atoms with Crippen molar-refractivity contribution in [3.63, 3.8) is 0 Å². The fourth-order valence-electron chi connectivity index (χ4n) is 3.16. The van der Waals surface area contributed by atoms with Crippen LogP contribution in [0.5, 0.6) is 11.5 Å². The maximum Gasteiger partial charge on any atom is 0.191 e. The molecule has 0 amide bonds. The van der Waals surface area contributed by atoms with Crippen molar-refractivity contribution in [1.82, 2.24) is 4.90 Å². The Morgan fingerprint density at radius 1 is 1.12 bits per heavy atom. The minimum atomic E-state index is -0.313. The van der Waals surface area contributed by atoms with E-state index < -0.39 is 0 Å². The number of ether oxygens (including phenoxy) is 2. The summed E-state index contributed by atoms with van der Waals surface area (Å²) < 4.78 is 10.8. The zero-order valence-corrected chi connectivity index (χ0v) is 15.2. The molecule has 1 atom stereocenters. The first-order valence-corrected chi connectivity index (χ1v) is 8.36. The van der Waals surface area contributed by atoms with Crippen LogP contribution in [0.2, 0.25) is 0 Å². The van der Waals surface area contributed by atoms with Crippen LogP contribution in [-0.4, -0.2) is 38.7 Å². The number of nitrogens with two attached hydrogens (primary N) is 1. The molecule has 0 radical (unpaired) electrons. The van der Waals surface area contributed by atoms with Gasteiger partial charge in [0.1, 0.15) is 11.5 Å². The quantitative estimate of drug-likeness (QED) is 0.929. The van der Waals surface area contributed by atoms with E-state index in [4.69, 9.17) is 20.2 Å². The Hall–Kier alpha value is -2.69. The second-order valence-corrected chi connectivity index (χ2v) is 6.56. The second kappa shape index (κ2) is 6.67. The van der Waals surface area contributed by atoms with Crippen molar-refractivity contribution < 1.29 is 9.47 Å². The number of nitrogens with zero attached hydrogens (tertiary/aromatic N) is 2. The molecule has 132 valence electrons. The third-order valence-electron chi connectivity index (χ3n) is 4.89. The van der Waals surface area contributed by atoms with Crippen molar-refractivity contribution in [3.8, 4) is 22.6 Å². The van der Waals surface area contributed by atoms with Crippen molar-refractivity contribution >= 4 is 5.96 Å². The van der Waals surface area contributed by atoms with E-state index in [0.717, 1.165) is 41.2 Å². The number of methoxy groups -OCH3 is 2. The molecule has 0 saturated heterocycles. The van der Waals surface area contributed by atoms with Gasteiger partial charge in [-0.15, -0.1) is 0 Å². The fourth-order valence-corrected chi connectivity index (χ4v) is 3.16. The van der Waals surface area contributed by atoms with Gasteiger partial charge >= 0.3 is 0 Å². The van der Waals surface area contributed by atoms with Gasteiger partial charge in [-0.3, -0.25) is 0 Å². The van der Waals surface area contributed by atoms with Gasteiger partial charge in [-0.2, -0.15) is 0 Å². The minimum Gasteiger partial charge on any atom is -0.497 e. The summed E-state index contributed by atoms with van der Waals surface area (Å²) in [5.74, 6) is 2.14. The topological polar surface area (TPSA) is 60.1 Å². The van der Waals surface area contributed by atoms with Gasteiger partial charge in [0.2, 0.25) is 0 Å². The monoisotopic (exact) mass is 339 g/mol. The first-order chi connectivity index (χ1) is 12.0. The van der Waals surface area contributed by atoms with Crippen LogP contribution in [0.15, 0.2) is 47.5 Å². The fraction of sp³-hybridized carbons (Fsp3) is 0.350. The lowest BCUT2D eigenvalue weighted by Gasteiger charge is -2.35. The SMILES string of the molecule is COc1ccc(-c2cccc(C3(C)CCN(C)C(N)=N3)c2)c(OC)c1. The Morgan fingerprint density at radius 3 is 2.60 bits per heavy atom. The molecule has 2 aromatic carbocycles. The van der Waals surface area contributed by atoms with Gasteiger partial charge in [0.25, 0.3) is 0 Å². The van der Waals surface area contributed by atoms with E-state index in [1.165, 1.54) is 0 Å². The summed E-state index contributed by atoms with van der Waals surface area (Å²) in [6.45, 7) is 3.03. The standard InChI is InChI=1S/C20H25N3O2/c1-20(10-11-23(2)19(21)22-20)15-7-5-6-14(12-15)17-9-8-16(24-3)13-18(17)25-4/h5-9,12-13H,10-11H2,1-4H3,(H2,21,22). The van der Waals surface area contributed by atoms with E-state index in [1.54, 1.807) is 14.2 Å². The molecule has 5 nitrogen and oxygen atoms in total. The molecule has 0 fully saturated rings. The summed E-state index contributed by atoms with van der Waals surface area (Å²) in [6.07, 6.45) is 0.924. The molecular formula is C20H25N3O2. The molecule has 0 saturated carbocycles. The highest BCUT2D eigenvalue weighted by Gasteiger charge is 2.31. The summed E-state index contributed by atoms with van der Waals surface area (Å²) in [5.41, 5.74) is 9.01. The van der Waals surface area contributed by atoms with Gasteiger partial charge in [-0.05, 0) is 42.7 Å². The lowest BCUT2D eigenvalue weighted by atomic mass is 9.86. The number of rotatable bonds is 4. The van der Waals surface area contributed by atoms with Crippen LogP contribution in [0.4, 0.5) is 0 Å². The molecule has 2 N–H and O–H groups in total. The molecule has 3 rings (SSSR count). The van der Waals surface area contributed by atoms with Crippen LogP contribution in [0, 0.1) is 0 Å². The summed E-state index contributed by atoms with van der Waals surface area (Å²) in [7, 11) is 5.29. The minimum absolute atomic E-state index is 0.313. The number of hydrogen-bond donors (Lipinski definition) is 1. The molecule has 0 aliphatic carbocycles. The van der Waals surface area contributed by atoms with Crippen molar-refractivity contribution in [1.29, 1.82) is 0 Å². The molecule has 1 heterocycles. The van der Waals surface area contributed by atoms with Gasteiger partial charge < -0.3 is 20.1 Å². The molecule has 0 spiro atoms. The number of benzene rings is 2. The van der Waals surface area contributed by atoms with E-state index in [1.807, 2.05) is 30.1 Å². The Balaban J connectivity index is 2.03. The third kappa shape index (κ3) is 3.27. The highest BCUT2D eigenvalue weighted by atomic mass is 16.5. The first kappa shape index (κ1) is 17.1. The summed E-state index contributed by atoms with van der Waals surface area (Å²) in [4.78, 5) is 6.72. The first-order valence-electron chi connectivity index (χ1n) is 8.36. The van der Waals surface area contributed by atoms with Crippen LogP contribution >= 0.6 is 0 Å². The van der Waals surface area contributed by atoms with Crippen LogP contribution < -0.4 is 15.2 Å². The number of guanidine groups is 1. The highest BCUT2D eigenvalue weighted by Crippen LogP contribution is 2.37. The van der Waals surface area contributed by atoms with Gasteiger partial charge in [0.05, 0.1) is 19.8 Å². The van der Waals surface area contributed by atoms with Crippen molar-refractivity contribution in [3.05, 3.63) is 48.0 Å². The van der Waals surface area contributed by atoms with Crippen molar-refractivity contribution in [2.24, 2.45) is 10.7 Å². The molecule has 5 heteroatoms. The van der Waals surface area contributed by atoms with Gasteiger partial charge in [0.15, 0.2) is 5.96 Å². The molecule has 0 bridgehead atoms. The zero-order chi connectivity index (χ0) is 18.0. The normalized spacial score (nSPS) is 20.2. The Morgan fingerprint density at radius 2 is 1.92 bits per heavy atom. The Kier molecular flexibility index (Phi) is 4.57.